The Morgan fingerprint density at radius 2 is 1.93 bits per heavy atom. The molecule has 1 heterocycles. The van der Waals surface area contributed by atoms with Gasteiger partial charge in [-0.3, -0.25) is 10.2 Å². The number of benzene rings is 2. The minimum atomic E-state index is -0.549. The quantitative estimate of drug-likeness (QED) is 0.300. The van der Waals surface area contributed by atoms with Gasteiger partial charge >= 0.3 is 0 Å². The minimum absolute atomic E-state index is 0.0593. The van der Waals surface area contributed by atoms with Crippen LogP contribution in [0.4, 0.5) is 4.39 Å². The third-order valence-corrected chi connectivity index (χ3v) is 5.02. The number of nitrogens with one attached hydrogen (secondary N) is 2. The average Bonchev–Trinajstić information content (AvgIpc) is 3.11. The van der Waals surface area contributed by atoms with E-state index in [2.05, 4.69) is 15.7 Å². The van der Waals surface area contributed by atoms with Crippen molar-refractivity contribution in [2.45, 2.75) is 31.7 Å². The molecular formula is C22H24FN5O. The zero-order chi connectivity index (χ0) is 20.8. The lowest BCUT2D eigenvalue weighted by Gasteiger charge is -2.22. The van der Waals surface area contributed by atoms with Gasteiger partial charge in [0.2, 0.25) is 0 Å². The number of hydrogen-bond donors (Lipinski definition) is 4. The van der Waals surface area contributed by atoms with Crippen LogP contribution in [0.15, 0.2) is 48.5 Å². The van der Waals surface area contributed by atoms with Gasteiger partial charge in [0.25, 0.3) is 0 Å². The van der Waals surface area contributed by atoms with Crippen molar-refractivity contribution >= 4 is 12.1 Å². The lowest BCUT2D eigenvalue weighted by Crippen LogP contribution is -2.10. The summed E-state index contributed by atoms with van der Waals surface area (Å²) < 4.78 is 14.7. The van der Waals surface area contributed by atoms with Crippen LogP contribution in [0.5, 0.6) is 0 Å². The molecular weight excluding hydrogens is 369 g/mol. The number of imidazole rings is 1. The Hall–Kier alpha value is -3.32. The summed E-state index contributed by atoms with van der Waals surface area (Å²) in [6.45, 7) is 0.307. The van der Waals surface area contributed by atoms with Crippen LogP contribution in [-0.4, -0.2) is 22.1 Å². The number of nitrogens with two attached hydrogens (primary N) is 2. The van der Waals surface area contributed by atoms with Crippen LogP contribution in [0, 0.1) is 11.2 Å². The molecule has 0 spiro atoms. The van der Waals surface area contributed by atoms with Crippen LogP contribution >= 0.6 is 0 Å². The second kappa shape index (κ2) is 9.25. The van der Waals surface area contributed by atoms with Crippen LogP contribution in [0.2, 0.25) is 0 Å². The SMILES string of the molecule is N=CN.NCc1[nH]c(C2CCC2)nc1-c1ccc(C(=O)c2ccccc2)c(F)c1. The molecule has 150 valence electrons. The maximum atomic E-state index is 14.7. The van der Waals surface area contributed by atoms with E-state index in [0.29, 0.717) is 29.3 Å². The van der Waals surface area contributed by atoms with Crippen molar-refractivity contribution in [3.63, 3.8) is 0 Å². The molecule has 1 saturated carbocycles. The van der Waals surface area contributed by atoms with Crippen molar-refractivity contribution in [2.75, 3.05) is 0 Å². The second-order valence-electron chi connectivity index (χ2n) is 6.84. The average molecular weight is 393 g/mol. The van der Waals surface area contributed by atoms with E-state index in [9.17, 15) is 9.18 Å². The van der Waals surface area contributed by atoms with Gasteiger partial charge in [0, 0.05) is 23.6 Å². The molecule has 1 fully saturated rings. The van der Waals surface area contributed by atoms with Gasteiger partial charge in [0.05, 0.1) is 23.3 Å². The number of H-pyrrole nitrogens is 1. The summed E-state index contributed by atoms with van der Waals surface area (Å²) in [5.41, 5.74) is 12.9. The van der Waals surface area contributed by atoms with Crippen molar-refractivity contribution in [3.05, 3.63) is 77.0 Å². The Kier molecular flexibility index (Phi) is 6.51. The molecule has 6 nitrogen and oxygen atoms in total. The first-order chi connectivity index (χ1) is 14.1. The lowest BCUT2D eigenvalue weighted by molar-refractivity contribution is 0.103. The summed E-state index contributed by atoms with van der Waals surface area (Å²) in [4.78, 5) is 20.4. The smallest absolute Gasteiger partial charge is 0.195 e. The molecule has 0 radical (unpaired) electrons. The standard InChI is InChI=1S/C21H20FN3O.CH4N2/c22-17-11-15(9-10-16(17)20(26)13-5-2-1-3-6-13)19-18(12-23)24-21(25-19)14-7-4-8-14;2-1-3/h1-3,5-6,9-11,14H,4,7-8,12,23H2,(H,24,25);1H,(H3,2,3). The molecule has 0 amide bonds. The van der Waals surface area contributed by atoms with Crippen molar-refractivity contribution < 1.29 is 9.18 Å². The van der Waals surface area contributed by atoms with Gasteiger partial charge in [0.1, 0.15) is 11.6 Å². The van der Waals surface area contributed by atoms with Gasteiger partial charge in [-0.2, -0.15) is 0 Å². The molecule has 0 unspecified atom stereocenters. The fourth-order valence-electron chi connectivity index (χ4n) is 3.28. The Morgan fingerprint density at radius 1 is 1.24 bits per heavy atom. The third kappa shape index (κ3) is 4.41. The van der Waals surface area contributed by atoms with Crippen LogP contribution < -0.4 is 11.5 Å². The molecule has 1 aliphatic rings. The molecule has 6 N–H and O–H groups in total. The number of aromatic nitrogens is 2. The Labute approximate surface area is 168 Å². The summed E-state index contributed by atoms with van der Waals surface area (Å²) in [6.07, 6.45) is 4.20. The van der Waals surface area contributed by atoms with Gasteiger partial charge in [-0.25, -0.2) is 9.37 Å². The van der Waals surface area contributed by atoms with E-state index in [1.807, 2.05) is 6.07 Å². The van der Waals surface area contributed by atoms with Crippen LogP contribution in [0.25, 0.3) is 11.3 Å². The van der Waals surface area contributed by atoms with E-state index in [1.165, 1.54) is 18.6 Å². The van der Waals surface area contributed by atoms with E-state index in [-0.39, 0.29) is 11.3 Å². The first-order valence-electron chi connectivity index (χ1n) is 9.48. The van der Waals surface area contributed by atoms with Gasteiger partial charge < -0.3 is 16.5 Å². The molecule has 1 aliphatic carbocycles. The van der Waals surface area contributed by atoms with E-state index in [4.69, 9.17) is 11.1 Å². The van der Waals surface area contributed by atoms with Crippen molar-refractivity contribution in [3.8, 4) is 11.3 Å². The number of halogens is 1. The molecule has 0 bridgehead atoms. The topological polar surface area (TPSA) is 122 Å². The summed E-state index contributed by atoms with van der Waals surface area (Å²) in [5.74, 6) is 0.493. The Balaban J connectivity index is 0.000000755. The number of aromatic amines is 1. The highest BCUT2D eigenvalue weighted by Crippen LogP contribution is 2.36. The van der Waals surface area contributed by atoms with Crippen LogP contribution in [0.3, 0.4) is 0 Å². The van der Waals surface area contributed by atoms with Crippen molar-refractivity contribution in [1.82, 2.24) is 9.97 Å². The van der Waals surface area contributed by atoms with E-state index in [0.717, 1.165) is 30.7 Å². The normalized spacial score (nSPS) is 13.2. The fourth-order valence-corrected chi connectivity index (χ4v) is 3.28. The number of ketones is 1. The minimum Gasteiger partial charge on any atom is -0.390 e. The maximum Gasteiger partial charge on any atom is 0.195 e. The van der Waals surface area contributed by atoms with E-state index >= 15 is 0 Å². The first-order valence-corrected chi connectivity index (χ1v) is 9.48. The molecule has 3 aromatic rings. The van der Waals surface area contributed by atoms with Crippen LogP contribution in [0.1, 0.15) is 52.6 Å². The lowest BCUT2D eigenvalue weighted by atomic mass is 9.85. The molecule has 1 aromatic heterocycles. The Morgan fingerprint density at radius 3 is 2.48 bits per heavy atom. The number of nitrogens with zero attached hydrogens (tertiary/aromatic N) is 1. The number of carbonyl (C=O) groups excluding carboxylic acids is 1. The largest absolute Gasteiger partial charge is 0.390 e. The van der Waals surface area contributed by atoms with Gasteiger partial charge in [-0.05, 0) is 25.0 Å². The summed E-state index contributed by atoms with van der Waals surface area (Å²) in [7, 11) is 0. The van der Waals surface area contributed by atoms with E-state index in [1.54, 1.807) is 30.3 Å². The second-order valence-corrected chi connectivity index (χ2v) is 6.84. The number of rotatable bonds is 5. The first kappa shape index (κ1) is 20.4. The van der Waals surface area contributed by atoms with E-state index < -0.39 is 5.82 Å². The van der Waals surface area contributed by atoms with Gasteiger partial charge in [-0.15, -0.1) is 0 Å². The van der Waals surface area contributed by atoms with Crippen LogP contribution in [-0.2, 0) is 6.54 Å². The predicted molar refractivity (Wildman–Crippen MR) is 111 cm³/mol. The molecule has 0 saturated heterocycles. The van der Waals surface area contributed by atoms with Gasteiger partial charge in [0.15, 0.2) is 5.78 Å². The number of carbonyl (C=O) groups is 1. The highest BCUT2D eigenvalue weighted by atomic mass is 19.1. The fraction of sp³-hybridized carbons (Fsp3) is 0.227. The third-order valence-electron chi connectivity index (χ3n) is 5.02. The molecule has 4 rings (SSSR count). The monoisotopic (exact) mass is 393 g/mol. The zero-order valence-electron chi connectivity index (χ0n) is 16.0. The number of hydrogen-bond acceptors (Lipinski definition) is 4. The summed E-state index contributed by atoms with van der Waals surface area (Å²) in [5, 5.41) is 5.86. The molecule has 2 aromatic carbocycles. The maximum absolute atomic E-state index is 14.7. The Bertz CT molecular complexity index is 996. The van der Waals surface area contributed by atoms with Gasteiger partial charge in [-0.1, -0.05) is 42.8 Å². The highest BCUT2D eigenvalue weighted by Gasteiger charge is 2.25. The predicted octanol–water partition coefficient (Wildman–Crippen LogP) is 3.73. The van der Waals surface area contributed by atoms with Crippen molar-refractivity contribution in [1.29, 1.82) is 5.41 Å². The molecule has 0 atom stereocenters. The highest BCUT2D eigenvalue weighted by molar-refractivity contribution is 6.09. The zero-order valence-corrected chi connectivity index (χ0v) is 16.0. The van der Waals surface area contributed by atoms with Crippen molar-refractivity contribution in [2.24, 2.45) is 11.5 Å². The summed E-state index contributed by atoms with van der Waals surface area (Å²) >= 11 is 0. The molecule has 29 heavy (non-hydrogen) atoms. The molecule has 7 heteroatoms. The summed E-state index contributed by atoms with van der Waals surface area (Å²) in [6, 6.07) is 13.3. The molecule has 0 aliphatic heterocycles.